The number of nitrogens with zero attached hydrogens (tertiary/aromatic N) is 1. The van der Waals surface area contributed by atoms with Gasteiger partial charge in [0.1, 0.15) is 11.6 Å². The Morgan fingerprint density at radius 2 is 1.92 bits per heavy atom. The maximum atomic E-state index is 14.0. The molecule has 8 heteroatoms. The summed E-state index contributed by atoms with van der Waals surface area (Å²) in [6.07, 6.45) is 1.55. The number of carbonyl (C=O) groups excluding carboxylic acids is 1. The molecule has 2 aromatic carbocycles. The van der Waals surface area contributed by atoms with Crippen molar-refractivity contribution < 1.29 is 23.8 Å². The van der Waals surface area contributed by atoms with Gasteiger partial charge in [-0.05, 0) is 24.3 Å². The summed E-state index contributed by atoms with van der Waals surface area (Å²) in [5.74, 6) is -1.77. The molecule has 0 aliphatic carbocycles. The van der Waals surface area contributed by atoms with Crippen LogP contribution in [0.15, 0.2) is 53.4 Å². The number of rotatable bonds is 5. The zero-order chi connectivity index (χ0) is 18.7. The van der Waals surface area contributed by atoms with Crippen molar-refractivity contribution in [3.05, 3.63) is 64.8 Å². The first kappa shape index (κ1) is 18.1. The summed E-state index contributed by atoms with van der Waals surface area (Å²) in [5, 5.41) is 8.76. The van der Waals surface area contributed by atoms with E-state index >= 15 is 0 Å². The molecule has 26 heavy (non-hydrogen) atoms. The van der Waals surface area contributed by atoms with Crippen LogP contribution in [-0.4, -0.2) is 27.9 Å². The molecule has 0 aromatic heterocycles. The van der Waals surface area contributed by atoms with Crippen molar-refractivity contribution in [3.63, 3.8) is 0 Å². The van der Waals surface area contributed by atoms with Crippen LogP contribution in [-0.2, 0) is 9.59 Å². The fourth-order valence-electron chi connectivity index (χ4n) is 2.32. The lowest BCUT2D eigenvalue weighted by atomic mass is 10.2. The van der Waals surface area contributed by atoms with Gasteiger partial charge in [-0.3, -0.25) is 9.69 Å². The second-order valence-corrected chi connectivity index (χ2v) is 6.86. The Labute approximate surface area is 158 Å². The fourth-order valence-corrected chi connectivity index (χ4v) is 3.60. The third-order valence-corrected chi connectivity index (χ3v) is 4.75. The molecule has 1 fully saturated rings. The van der Waals surface area contributed by atoms with Crippen molar-refractivity contribution in [2.24, 2.45) is 0 Å². The molecule has 1 aliphatic heterocycles. The molecule has 132 valence electrons. The van der Waals surface area contributed by atoms with Crippen LogP contribution in [0.5, 0.6) is 5.75 Å². The molecular weight excluding hydrogens is 377 g/mol. The van der Waals surface area contributed by atoms with E-state index in [4.69, 9.17) is 22.1 Å². The average molecular weight is 389 g/mol. The van der Waals surface area contributed by atoms with E-state index < -0.39 is 24.3 Å². The van der Waals surface area contributed by atoms with E-state index in [-0.39, 0.29) is 10.0 Å². The van der Waals surface area contributed by atoms with Gasteiger partial charge in [0.2, 0.25) is 0 Å². The van der Waals surface area contributed by atoms with Crippen molar-refractivity contribution in [1.82, 2.24) is 0 Å². The molecule has 1 aliphatic rings. The minimum atomic E-state index is -1.11. The molecule has 1 amide bonds. The number of benzene rings is 2. The molecule has 2 aromatic rings. The highest BCUT2D eigenvalue weighted by Crippen LogP contribution is 2.37. The van der Waals surface area contributed by atoms with Crippen molar-refractivity contribution in [2.75, 3.05) is 11.5 Å². The second-order valence-electron chi connectivity index (χ2n) is 5.19. The number of thiocarbonyl (C=S) groups is 1. The Morgan fingerprint density at radius 3 is 2.65 bits per heavy atom. The van der Waals surface area contributed by atoms with Crippen LogP contribution in [0.4, 0.5) is 10.1 Å². The molecule has 0 spiro atoms. The predicted molar refractivity (Wildman–Crippen MR) is 102 cm³/mol. The molecular formula is C18H12FNO4S2. The highest BCUT2D eigenvalue weighted by molar-refractivity contribution is 8.27. The molecule has 1 heterocycles. The second kappa shape index (κ2) is 7.67. The van der Waals surface area contributed by atoms with E-state index in [1.807, 2.05) is 0 Å². The first-order chi connectivity index (χ1) is 12.5. The number of carboxylic acids is 1. The number of halogens is 1. The first-order valence-electron chi connectivity index (χ1n) is 7.43. The van der Waals surface area contributed by atoms with Crippen LogP contribution >= 0.6 is 24.0 Å². The van der Waals surface area contributed by atoms with Crippen LogP contribution in [0.1, 0.15) is 5.56 Å². The lowest BCUT2D eigenvalue weighted by molar-refractivity contribution is -0.139. The molecule has 0 bridgehead atoms. The van der Waals surface area contributed by atoms with Gasteiger partial charge in [0, 0.05) is 5.56 Å². The smallest absolute Gasteiger partial charge is 0.341 e. The Balaban J connectivity index is 1.92. The largest absolute Gasteiger partial charge is 0.481 e. The van der Waals surface area contributed by atoms with Gasteiger partial charge < -0.3 is 9.84 Å². The number of amides is 1. The van der Waals surface area contributed by atoms with Gasteiger partial charge >= 0.3 is 5.97 Å². The number of ether oxygens (including phenoxy) is 1. The van der Waals surface area contributed by atoms with E-state index in [9.17, 15) is 14.0 Å². The summed E-state index contributed by atoms with van der Waals surface area (Å²) in [6.45, 7) is -0.499. The first-order valence-corrected chi connectivity index (χ1v) is 8.66. The highest BCUT2D eigenvalue weighted by atomic mass is 32.2. The molecule has 1 saturated heterocycles. The number of thioether (sulfide) groups is 1. The number of carbonyl (C=O) groups is 2. The molecule has 1 N–H and O–H groups in total. The minimum absolute atomic E-state index is 0.0915. The number of para-hydroxylation sites is 2. The van der Waals surface area contributed by atoms with Crippen molar-refractivity contribution >= 4 is 51.9 Å². The normalized spacial score (nSPS) is 15.6. The zero-order valence-electron chi connectivity index (χ0n) is 13.2. The van der Waals surface area contributed by atoms with Crippen molar-refractivity contribution in [2.45, 2.75) is 0 Å². The van der Waals surface area contributed by atoms with Gasteiger partial charge in [-0.25, -0.2) is 9.18 Å². The number of carboxylic acid groups (broad SMARTS) is 1. The van der Waals surface area contributed by atoms with Gasteiger partial charge in [0.15, 0.2) is 10.9 Å². The highest BCUT2D eigenvalue weighted by Gasteiger charge is 2.34. The summed E-state index contributed by atoms with van der Waals surface area (Å²) >= 11 is 6.27. The van der Waals surface area contributed by atoms with Crippen LogP contribution < -0.4 is 9.64 Å². The lowest BCUT2D eigenvalue weighted by Crippen LogP contribution is -2.28. The molecule has 0 unspecified atom stereocenters. The number of anilines is 1. The molecule has 0 saturated carbocycles. The average Bonchev–Trinajstić information content (AvgIpc) is 2.88. The third-order valence-electron chi connectivity index (χ3n) is 3.44. The third kappa shape index (κ3) is 3.76. The quantitative estimate of drug-likeness (QED) is 0.621. The monoisotopic (exact) mass is 389 g/mol. The molecule has 3 rings (SSSR count). The Kier molecular flexibility index (Phi) is 5.34. The summed E-state index contributed by atoms with van der Waals surface area (Å²) in [5.41, 5.74) is 0.622. The van der Waals surface area contributed by atoms with Gasteiger partial charge in [-0.15, -0.1) is 0 Å². The predicted octanol–water partition coefficient (Wildman–Crippen LogP) is 3.69. The van der Waals surface area contributed by atoms with E-state index in [2.05, 4.69) is 0 Å². The maximum Gasteiger partial charge on any atom is 0.341 e. The number of aliphatic carboxylic acids is 1. The van der Waals surface area contributed by atoms with Gasteiger partial charge in [-0.1, -0.05) is 54.3 Å². The van der Waals surface area contributed by atoms with Gasteiger partial charge in [-0.2, -0.15) is 0 Å². The summed E-state index contributed by atoms with van der Waals surface area (Å²) < 4.78 is 19.5. The van der Waals surface area contributed by atoms with Crippen LogP contribution in [0.3, 0.4) is 0 Å². The maximum absolute atomic E-state index is 14.0. The van der Waals surface area contributed by atoms with Gasteiger partial charge in [0.25, 0.3) is 5.91 Å². The molecule has 0 atom stereocenters. The van der Waals surface area contributed by atoms with Crippen molar-refractivity contribution in [3.8, 4) is 5.75 Å². The Morgan fingerprint density at radius 1 is 1.23 bits per heavy atom. The van der Waals surface area contributed by atoms with E-state index in [1.165, 1.54) is 18.2 Å². The molecule has 5 nitrogen and oxygen atoms in total. The Bertz CT molecular complexity index is 929. The fraction of sp³-hybridized carbons (Fsp3) is 0.0556. The van der Waals surface area contributed by atoms with Crippen molar-refractivity contribution in [1.29, 1.82) is 0 Å². The number of hydrogen-bond donors (Lipinski definition) is 1. The SMILES string of the molecule is O=C(O)COc1ccccc1/C=C1/SC(=S)N(c2ccccc2F)C1=O. The van der Waals surface area contributed by atoms with Crippen LogP contribution in [0.25, 0.3) is 6.08 Å². The standard InChI is InChI=1S/C18H12FNO4S2/c19-12-6-2-3-7-13(12)20-17(23)15(26-18(20)25)9-11-5-1-4-8-14(11)24-10-16(21)22/h1-9H,10H2,(H,21,22)/b15-9+. The van der Waals surface area contributed by atoms with Crippen LogP contribution in [0, 0.1) is 5.82 Å². The summed E-state index contributed by atoms with van der Waals surface area (Å²) in [7, 11) is 0. The Hall–Kier alpha value is -2.71. The molecule has 0 radical (unpaired) electrons. The number of hydrogen-bond acceptors (Lipinski definition) is 5. The lowest BCUT2D eigenvalue weighted by Gasteiger charge is -2.14. The van der Waals surface area contributed by atoms with E-state index in [0.29, 0.717) is 16.2 Å². The summed E-state index contributed by atoms with van der Waals surface area (Å²) in [6, 6.07) is 12.6. The van der Waals surface area contributed by atoms with E-state index in [1.54, 1.807) is 36.4 Å². The van der Waals surface area contributed by atoms with E-state index in [0.717, 1.165) is 16.7 Å². The van der Waals surface area contributed by atoms with Crippen LogP contribution in [0.2, 0.25) is 0 Å². The minimum Gasteiger partial charge on any atom is -0.481 e. The zero-order valence-corrected chi connectivity index (χ0v) is 14.8. The van der Waals surface area contributed by atoms with Gasteiger partial charge in [0.05, 0.1) is 10.6 Å². The topological polar surface area (TPSA) is 66.8 Å². The summed E-state index contributed by atoms with van der Waals surface area (Å²) in [4.78, 5) is 24.8.